The van der Waals surface area contributed by atoms with E-state index in [-0.39, 0.29) is 23.6 Å². The van der Waals surface area contributed by atoms with Crippen LogP contribution in [0.4, 0.5) is 0 Å². The van der Waals surface area contributed by atoms with Crippen LogP contribution < -0.4 is 4.74 Å². The van der Waals surface area contributed by atoms with Gasteiger partial charge in [0.05, 0.1) is 0 Å². The van der Waals surface area contributed by atoms with Gasteiger partial charge in [-0.2, -0.15) is 0 Å². The van der Waals surface area contributed by atoms with E-state index < -0.39 is 11.5 Å². The monoisotopic (exact) mass is 454 g/mol. The van der Waals surface area contributed by atoms with Crippen LogP contribution in [0.5, 0.6) is 5.75 Å². The number of rotatable bonds is 7. The molecule has 1 aromatic rings. The summed E-state index contributed by atoms with van der Waals surface area (Å²) in [6.45, 7) is 7.19. The van der Waals surface area contributed by atoms with Crippen LogP contribution in [-0.4, -0.2) is 23.8 Å². The number of benzene rings is 1. The number of fused-ring (bicyclic) bond motifs is 5. The maximum atomic E-state index is 13.5. The van der Waals surface area contributed by atoms with Gasteiger partial charge in [-0.1, -0.05) is 45.6 Å². The Morgan fingerprint density at radius 2 is 1.91 bits per heavy atom. The Balaban J connectivity index is 1.66. The Labute approximate surface area is 197 Å². The van der Waals surface area contributed by atoms with Gasteiger partial charge in [0, 0.05) is 19.3 Å². The van der Waals surface area contributed by atoms with Crippen molar-refractivity contribution in [3.63, 3.8) is 0 Å². The zero-order valence-electron chi connectivity index (χ0n) is 20.5. The highest BCUT2D eigenvalue weighted by atomic mass is 16.5. The third kappa shape index (κ3) is 4.61. The molecule has 5 heteroatoms. The second-order valence-electron chi connectivity index (χ2n) is 10.7. The SMILES string of the molecule is CCCCCC[C@H]1C[C@]2(C)C(=O)[C@H](OC(C)=O)C[C@H]2[C@@H]2CCc3cc(OC(C)=O)ccc3[C@@H]12. The van der Waals surface area contributed by atoms with Gasteiger partial charge >= 0.3 is 11.9 Å². The number of hydrogen-bond donors (Lipinski definition) is 0. The maximum absolute atomic E-state index is 13.5. The van der Waals surface area contributed by atoms with Gasteiger partial charge in [0.25, 0.3) is 0 Å². The molecule has 0 aromatic heterocycles. The highest BCUT2D eigenvalue weighted by molar-refractivity contribution is 5.93. The van der Waals surface area contributed by atoms with Gasteiger partial charge in [0.2, 0.25) is 0 Å². The van der Waals surface area contributed by atoms with Crippen molar-refractivity contribution >= 4 is 17.7 Å². The summed E-state index contributed by atoms with van der Waals surface area (Å²) in [6, 6.07) is 6.12. The topological polar surface area (TPSA) is 69.7 Å². The molecule has 4 rings (SSSR count). The van der Waals surface area contributed by atoms with Crippen LogP contribution in [0.15, 0.2) is 18.2 Å². The van der Waals surface area contributed by atoms with Crippen molar-refractivity contribution in [2.45, 2.75) is 97.5 Å². The van der Waals surface area contributed by atoms with Crippen LogP contribution in [0, 0.1) is 23.2 Å². The minimum absolute atomic E-state index is 0.135. The summed E-state index contributed by atoms with van der Waals surface area (Å²) in [5, 5.41) is 0. The zero-order chi connectivity index (χ0) is 23.8. The zero-order valence-corrected chi connectivity index (χ0v) is 20.5. The van der Waals surface area contributed by atoms with Gasteiger partial charge in [-0.15, -0.1) is 0 Å². The number of ketones is 1. The van der Waals surface area contributed by atoms with Crippen LogP contribution in [-0.2, 0) is 25.5 Å². The number of carbonyl (C=O) groups excluding carboxylic acids is 3. The Hall–Kier alpha value is -2.17. The summed E-state index contributed by atoms with van der Waals surface area (Å²) in [4.78, 5) is 36.6. The standard InChI is InChI=1S/C28H38O5/c1-5-6-7-8-9-20-16-28(4)24(15-25(27(28)31)33-18(3)30)23-12-10-19-14-21(32-17(2)29)11-13-22(19)26(20)23/h11,13-14,20,23-26H,5-10,12,15-16H2,1-4H3/t20-,23-,24-,25+,26+,28-/m0/s1. The van der Waals surface area contributed by atoms with Crippen molar-refractivity contribution in [3.8, 4) is 5.75 Å². The Kier molecular flexibility index (Phi) is 6.97. The molecule has 33 heavy (non-hydrogen) atoms. The third-order valence-electron chi connectivity index (χ3n) is 8.53. The molecule has 0 spiro atoms. The summed E-state index contributed by atoms with van der Waals surface area (Å²) in [5.41, 5.74) is 2.23. The lowest BCUT2D eigenvalue weighted by atomic mass is 9.51. The summed E-state index contributed by atoms with van der Waals surface area (Å²) in [5.74, 6) is 1.59. The first-order valence-electron chi connectivity index (χ1n) is 12.8. The smallest absolute Gasteiger partial charge is 0.308 e. The molecule has 3 aliphatic carbocycles. The van der Waals surface area contributed by atoms with Crippen molar-refractivity contribution < 1.29 is 23.9 Å². The number of hydrogen-bond acceptors (Lipinski definition) is 5. The Bertz CT molecular complexity index is 921. The third-order valence-corrected chi connectivity index (χ3v) is 8.53. The molecule has 0 N–H and O–H groups in total. The highest BCUT2D eigenvalue weighted by Gasteiger charge is 2.61. The fraction of sp³-hybridized carbons (Fsp3) is 0.679. The average Bonchev–Trinajstić information content (AvgIpc) is 3.00. The summed E-state index contributed by atoms with van der Waals surface area (Å²) >= 11 is 0. The molecule has 2 fully saturated rings. The lowest BCUT2D eigenvalue weighted by molar-refractivity contribution is -0.153. The van der Waals surface area contributed by atoms with E-state index >= 15 is 0 Å². The van der Waals surface area contributed by atoms with Crippen molar-refractivity contribution in [2.75, 3.05) is 0 Å². The van der Waals surface area contributed by atoms with Crippen molar-refractivity contribution in [1.29, 1.82) is 0 Å². The van der Waals surface area contributed by atoms with Gasteiger partial charge in [0.15, 0.2) is 11.9 Å². The predicted molar refractivity (Wildman–Crippen MR) is 126 cm³/mol. The fourth-order valence-corrected chi connectivity index (χ4v) is 7.28. The summed E-state index contributed by atoms with van der Waals surface area (Å²) < 4.78 is 10.8. The van der Waals surface area contributed by atoms with Crippen LogP contribution in [0.3, 0.4) is 0 Å². The molecule has 0 saturated heterocycles. The first-order valence-corrected chi connectivity index (χ1v) is 12.8. The van der Waals surface area contributed by atoms with Gasteiger partial charge in [-0.3, -0.25) is 14.4 Å². The van der Waals surface area contributed by atoms with Crippen molar-refractivity contribution in [3.05, 3.63) is 29.3 Å². The number of unbranched alkanes of at least 4 members (excludes halogenated alkanes) is 3. The molecule has 0 aliphatic heterocycles. The Morgan fingerprint density at radius 1 is 1.12 bits per heavy atom. The van der Waals surface area contributed by atoms with Gasteiger partial charge < -0.3 is 9.47 Å². The molecule has 180 valence electrons. The number of carbonyl (C=O) groups is 3. The number of Topliss-reactive ketones (excluding diaryl/α,β-unsaturated/α-hetero) is 1. The Morgan fingerprint density at radius 3 is 2.61 bits per heavy atom. The van der Waals surface area contributed by atoms with E-state index in [9.17, 15) is 14.4 Å². The number of aryl methyl sites for hydroxylation is 1. The molecule has 0 amide bonds. The lowest BCUT2D eigenvalue weighted by Gasteiger charge is -2.52. The lowest BCUT2D eigenvalue weighted by Crippen LogP contribution is -2.47. The second kappa shape index (κ2) is 9.60. The minimum atomic E-state index is -0.593. The van der Waals surface area contributed by atoms with E-state index in [1.54, 1.807) is 0 Å². The molecular weight excluding hydrogens is 416 g/mol. The quantitative estimate of drug-likeness (QED) is 0.297. The highest BCUT2D eigenvalue weighted by Crippen LogP contribution is 2.62. The normalized spacial score (nSPS) is 32.5. The molecule has 3 aliphatic rings. The van der Waals surface area contributed by atoms with Crippen LogP contribution in [0.1, 0.15) is 96.1 Å². The molecule has 1 aromatic carbocycles. The molecule has 5 nitrogen and oxygen atoms in total. The molecule has 2 saturated carbocycles. The predicted octanol–water partition coefficient (Wildman–Crippen LogP) is 5.78. The molecule has 6 atom stereocenters. The molecule has 0 bridgehead atoms. The van der Waals surface area contributed by atoms with Gasteiger partial charge in [-0.05, 0) is 79.0 Å². The fourth-order valence-electron chi connectivity index (χ4n) is 7.28. The van der Waals surface area contributed by atoms with Crippen molar-refractivity contribution in [1.82, 2.24) is 0 Å². The van der Waals surface area contributed by atoms with E-state index in [1.165, 1.54) is 50.7 Å². The largest absolute Gasteiger partial charge is 0.455 e. The molecule has 0 heterocycles. The van der Waals surface area contributed by atoms with E-state index in [1.807, 2.05) is 12.1 Å². The molecular formula is C28H38O5. The van der Waals surface area contributed by atoms with E-state index in [0.29, 0.717) is 29.9 Å². The van der Waals surface area contributed by atoms with E-state index in [2.05, 4.69) is 19.9 Å². The minimum Gasteiger partial charge on any atom is -0.455 e. The van der Waals surface area contributed by atoms with Crippen LogP contribution >= 0.6 is 0 Å². The van der Waals surface area contributed by atoms with Gasteiger partial charge in [-0.25, -0.2) is 0 Å². The van der Waals surface area contributed by atoms with Gasteiger partial charge in [0.1, 0.15) is 5.75 Å². The number of ether oxygens (including phenoxy) is 2. The second-order valence-corrected chi connectivity index (χ2v) is 10.7. The van der Waals surface area contributed by atoms with Crippen LogP contribution in [0.2, 0.25) is 0 Å². The first kappa shape index (κ1) is 24.0. The first-order chi connectivity index (χ1) is 15.7. The number of esters is 2. The maximum Gasteiger partial charge on any atom is 0.308 e. The summed E-state index contributed by atoms with van der Waals surface area (Å²) in [6.07, 6.45) is 8.87. The van der Waals surface area contributed by atoms with E-state index in [0.717, 1.165) is 25.7 Å². The molecule has 0 unspecified atom stereocenters. The van der Waals surface area contributed by atoms with Crippen LogP contribution in [0.25, 0.3) is 0 Å². The summed E-state index contributed by atoms with van der Waals surface area (Å²) in [7, 11) is 0. The molecule has 0 radical (unpaired) electrons. The van der Waals surface area contributed by atoms with E-state index in [4.69, 9.17) is 9.47 Å². The average molecular weight is 455 g/mol. The van der Waals surface area contributed by atoms with Crippen molar-refractivity contribution in [2.24, 2.45) is 23.2 Å².